The molecule has 2 aromatic carbocycles. The van der Waals surface area contributed by atoms with E-state index < -0.39 is 0 Å². The van der Waals surface area contributed by atoms with Crippen molar-refractivity contribution in [1.29, 1.82) is 0 Å². The van der Waals surface area contributed by atoms with Crippen molar-refractivity contribution in [2.24, 2.45) is 0 Å². The highest BCUT2D eigenvalue weighted by Gasteiger charge is 2.33. The van der Waals surface area contributed by atoms with Crippen LogP contribution in [0.1, 0.15) is 23.6 Å². The molecule has 1 N–H and O–H groups in total. The topological polar surface area (TPSA) is 29.1 Å². The minimum atomic E-state index is 0.106. The van der Waals surface area contributed by atoms with E-state index in [0.717, 1.165) is 0 Å². The average molecular weight is 283 g/mol. The summed E-state index contributed by atoms with van der Waals surface area (Å²) in [7, 11) is 0. The van der Waals surface area contributed by atoms with Crippen LogP contribution >= 0.6 is 11.8 Å². The van der Waals surface area contributed by atoms with E-state index >= 15 is 0 Å². The molecule has 2 atom stereocenters. The van der Waals surface area contributed by atoms with Crippen molar-refractivity contribution in [2.75, 3.05) is 0 Å². The largest absolute Gasteiger partial charge is 0.348 e. The fourth-order valence-electron chi connectivity index (χ4n) is 2.49. The molecule has 3 heteroatoms. The van der Waals surface area contributed by atoms with Gasteiger partial charge in [-0.2, -0.15) is 0 Å². The first-order chi connectivity index (χ1) is 9.72. The molecule has 0 radical (unpaired) electrons. The monoisotopic (exact) mass is 283 g/mol. The lowest BCUT2D eigenvalue weighted by Crippen LogP contribution is -2.21. The molecule has 2 nitrogen and oxygen atoms in total. The van der Waals surface area contributed by atoms with Crippen LogP contribution in [-0.2, 0) is 4.79 Å². The number of amides is 1. The predicted octanol–water partition coefficient (Wildman–Crippen LogP) is 3.72. The summed E-state index contributed by atoms with van der Waals surface area (Å²) in [6.45, 7) is 2.09. The SMILES string of the molecule is Cc1ccc(SC2CC(=O)NC2c2ccccc2)cc1. The Labute approximate surface area is 123 Å². The lowest BCUT2D eigenvalue weighted by atomic mass is 10.1. The molecule has 1 heterocycles. The van der Waals surface area contributed by atoms with E-state index in [0.29, 0.717) is 6.42 Å². The molecule has 20 heavy (non-hydrogen) atoms. The van der Waals surface area contributed by atoms with Crippen molar-refractivity contribution in [2.45, 2.75) is 29.5 Å². The van der Waals surface area contributed by atoms with Crippen LogP contribution in [0.2, 0.25) is 0 Å². The van der Waals surface area contributed by atoms with Gasteiger partial charge in [-0.15, -0.1) is 11.8 Å². The van der Waals surface area contributed by atoms with E-state index in [4.69, 9.17) is 0 Å². The van der Waals surface area contributed by atoms with Crippen molar-refractivity contribution in [3.05, 3.63) is 65.7 Å². The number of aryl methyl sites for hydroxylation is 1. The van der Waals surface area contributed by atoms with Gasteiger partial charge in [-0.1, -0.05) is 48.0 Å². The summed E-state index contributed by atoms with van der Waals surface area (Å²) in [5.74, 6) is 0.142. The zero-order chi connectivity index (χ0) is 13.9. The van der Waals surface area contributed by atoms with Gasteiger partial charge in [0.05, 0.1) is 6.04 Å². The van der Waals surface area contributed by atoms with Crippen molar-refractivity contribution in [3.63, 3.8) is 0 Å². The normalized spacial score (nSPS) is 21.8. The molecule has 1 fully saturated rings. The first-order valence-corrected chi connectivity index (χ1v) is 7.68. The van der Waals surface area contributed by atoms with Crippen LogP contribution in [-0.4, -0.2) is 11.2 Å². The molecule has 102 valence electrons. The van der Waals surface area contributed by atoms with Crippen LogP contribution in [0.15, 0.2) is 59.5 Å². The molecular formula is C17H17NOS. The van der Waals surface area contributed by atoms with E-state index in [9.17, 15) is 4.79 Å². The van der Waals surface area contributed by atoms with Gasteiger partial charge >= 0.3 is 0 Å². The Morgan fingerprint density at radius 1 is 1.05 bits per heavy atom. The first kappa shape index (κ1) is 13.3. The number of carbonyl (C=O) groups excluding carboxylic acids is 1. The molecule has 1 amide bonds. The van der Waals surface area contributed by atoms with Crippen LogP contribution in [0.5, 0.6) is 0 Å². The van der Waals surface area contributed by atoms with Crippen molar-refractivity contribution in [1.82, 2.24) is 5.32 Å². The standard InChI is InChI=1S/C17H17NOS/c1-12-7-9-14(10-8-12)20-15-11-16(19)18-17(15)13-5-3-2-4-6-13/h2-10,15,17H,11H2,1H3,(H,18,19). The zero-order valence-electron chi connectivity index (χ0n) is 11.4. The Morgan fingerprint density at radius 3 is 2.45 bits per heavy atom. The lowest BCUT2D eigenvalue weighted by Gasteiger charge is -2.19. The lowest BCUT2D eigenvalue weighted by molar-refractivity contribution is -0.119. The van der Waals surface area contributed by atoms with Gasteiger partial charge in [0.15, 0.2) is 0 Å². The summed E-state index contributed by atoms with van der Waals surface area (Å²) in [6.07, 6.45) is 0.581. The van der Waals surface area contributed by atoms with Gasteiger partial charge in [0.25, 0.3) is 0 Å². The zero-order valence-corrected chi connectivity index (χ0v) is 12.2. The Morgan fingerprint density at radius 2 is 1.75 bits per heavy atom. The second-order valence-corrected chi connectivity index (χ2v) is 6.44. The van der Waals surface area contributed by atoms with Crippen LogP contribution in [0, 0.1) is 6.92 Å². The van der Waals surface area contributed by atoms with Gasteiger partial charge < -0.3 is 5.32 Å². The molecule has 1 aliphatic heterocycles. The van der Waals surface area contributed by atoms with Crippen molar-refractivity contribution >= 4 is 17.7 Å². The van der Waals surface area contributed by atoms with Crippen LogP contribution in [0.25, 0.3) is 0 Å². The molecule has 2 unspecified atom stereocenters. The van der Waals surface area contributed by atoms with E-state index in [1.165, 1.54) is 16.0 Å². The van der Waals surface area contributed by atoms with Crippen molar-refractivity contribution in [3.8, 4) is 0 Å². The highest BCUT2D eigenvalue weighted by atomic mass is 32.2. The molecule has 0 spiro atoms. The van der Waals surface area contributed by atoms with E-state index in [1.54, 1.807) is 11.8 Å². The summed E-state index contributed by atoms with van der Waals surface area (Å²) in [5, 5.41) is 3.35. The third-order valence-corrected chi connectivity index (χ3v) is 4.83. The van der Waals surface area contributed by atoms with Gasteiger partial charge in [0.1, 0.15) is 0 Å². The molecule has 0 aromatic heterocycles. The number of thioether (sulfide) groups is 1. The number of hydrogen-bond acceptors (Lipinski definition) is 2. The van der Waals surface area contributed by atoms with Gasteiger partial charge in [-0.25, -0.2) is 0 Å². The summed E-state index contributed by atoms with van der Waals surface area (Å²) in [5.41, 5.74) is 2.44. The fraction of sp³-hybridized carbons (Fsp3) is 0.235. The smallest absolute Gasteiger partial charge is 0.221 e. The third kappa shape index (κ3) is 2.88. The van der Waals surface area contributed by atoms with Gasteiger partial charge in [-0.05, 0) is 24.6 Å². The summed E-state index contributed by atoms with van der Waals surface area (Å²) < 4.78 is 0. The van der Waals surface area contributed by atoms with E-state index in [2.05, 4.69) is 48.6 Å². The first-order valence-electron chi connectivity index (χ1n) is 6.80. The molecule has 0 bridgehead atoms. The maximum atomic E-state index is 11.8. The molecule has 2 aromatic rings. The number of hydrogen-bond donors (Lipinski definition) is 1. The molecule has 0 aliphatic carbocycles. The highest BCUT2D eigenvalue weighted by molar-refractivity contribution is 8.00. The molecule has 0 saturated carbocycles. The fourth-order valence-corrected chi connectivity index (χ4v) is 3.72. The van der Waals surface area contributed by atoms with Crippen molar-refractivity contribution < 1.29 is 4.79 Å². The summed E-state index contributed by atoms with van der Waals surface area (Å²) in [4.78, 5) is 13.0. The Bertz CT molecular complexity index is 594. The number of benzene rings is 2. The summed E-state index contributed by atoms with van der Waals surface area (Å²) in [6, 6.07) is 18.8. The highest BCUT2D eigenvalue weighted by Crippen LogP contribution is 2.37. The maximum absolute atomic E-state index is 11.8. The van der Waals surface area contributed by atoms with Crippen LogP contribution in [0.3, 0.4) is 0 Å². The Hall–Kier alpha value is -1.74. The van der Waals surface area contributed by atoms with Gasteiger partial charge in [0, 0.05) is 16.6 Å². The minimum absolute atomic E-state index is 0.106. The number of rotatable bonds is 3. The molecule has 1 aliphatic rings. The Kier molecular flexibility index (Phi) is 3.79. The second kappa shape index (κ2) is 5.71. The predicted molar refractivity (Wildman–Crippen MR) is 82.8 cm³/mol. The van der Waals surface area contributed by atoms with E-state index in [-0.39, 0.29) is 17.2 Å². The second-order valence-electron chi connectivity index (χ2n) is 5.13. The third-order valence-electron chi connectivity index (χ3n) is 3.54. The van der Waals surface area contributed by atoms with E-state index in [1.807, 2.05) is 18.2 Å². The van der Waals surface area contributed by atoms with Gasteiger partial charge in [0.2, 0.25) is 5.91 Å². The number of carbonyl (C=O) groups is 1. The molecule has 1 saturated heterocycles. The number of nitrogens with one attached hydrogen (secondary N) is 1. The Balaban J connectivity index is 1.80. The summed E-state index contributed by atoms with van der Waals surface area (Å²) >= 11 is 1.78. The van der Waals surface area contributed by atoms with Crippen LogP contribution < -0.4 is 5.32 Å². The van der Waals surface area contributed by atoms with Gasteiger partial charge in [-0.3, -0.25) is 4.79 Å². The molecular weight excluding hydrogens is 266 g/mol. The average Bonchev–Trinajstić information content (AvgIpc) is 2.83. The molecule has 3 rings (SSSR count). The minimum Gasteiger partial charge on any atom is -0.348 e. The maximum Gasteiger partial charge on any atom is 0.221 e. The quantitative estimate of drug-likeness (QED) is 0.930. The van der Waals surface area contributed by atoms with Crippen LogP contribution in [0.4, 0.5) is 0 Å².